The molecule has 0 unspecified atom stereocenters. The highest BCUT2D eigenvalue weighted by Gasteiger charge is 2.50. The zero-order chi connectivity index (χ0) is 25.9. The fourth-order valence-corrected chi connectivity index (χ4v) is 5.28. The van der Waals surface area contributed by atoms with Gasteiger partial charge in [0, 0.05) is 5.56 Å². The lowest BCUT2D eigenvalue weighted by Gasteiger charge is -2.28. The number of amides is 2. The summed E-state index contributed by atoms with van der Waals surface area (Å²) in [6.07, 6.45) is 2.21. The maximum absolute atomic E-state index is 13.3. The molecule has 7 nitrogen and oxygen atoms in total. The standard InChI is InChI=1S/C30H27NO6/c1-36-24-14-9-20(10-15-24)27(32)18-37-30(35)21-7-12-23(13-8-21)31-28(33)25-16-11-22(17-26(25)29(31)34)19-5-3-2-4-6-19/h2-10,12-15,22,25-26H,11,16-18H2,1H3/t22-,25-,26-/m1/s1. The van der Waals surface area contributed by atoms with Crippen LogP contribution in [0.25, 0.3) is 0 Å². The van der Waals surface area contributed by atoms with Crippen molar-refractivity contribution in [1.82, 2.24) is 0 Å². The Morgan fingerprint density at radius 1 is 0.811 bits per heavy atom. The lowest BCUT2D eigenvalue weighted by atomic mass is 9.73. The average Bonchev–Trinajstić information content (AvgIpc) is 3.21. The van der Waals surface area contributed by atoms with Crippen molar-refractivity contribution in [2.45, 2.75) is 25.2 Å². The van der Waals surface area contributed by atoms with E-state index < -0.39 is 12.6 Å². The third-order valence-corrected chi connectivity index (χ3v) is 7.30. The first-order valence-corrected chi connectivity index (χ1v) is 12.3. The summed E-state index contributed by atoms with van der Waals surface area (Å²) in [7, 11) is 1.54. The quantitative estimate of drug-likeness (QED) is 0.264. The minimum atomic E-state index is -0.660. The molecule has 3 aromatic carbocycles. The average molecular weight is 498 g/mol. The first-order chi connectivity index (χ1) is 18.0. The molecular weight excluding hydrogens is 470 g/mol. The Balaban J connectivity index is 1.22. The Labute approximate surface area is 215 Å². The second-order valence-electron chi connectivity index (χ2n) is 9.42. The SMILES string of the molecule is COc1ccc(C(=O)COC(=O)c2ccc(N3C(=O)[C@@H]4CC[C@@H](c5ccccc5)C[C@H]4C3=O)cc2)cc1. The highest BCUT2D eigenvalue weighted by molar-refractivity contribution is 6.22. The van der Waals surface area contributed by atoms with Crippen molar-refractivity contribution >= 4 is 29.3 Å². The predicted octanol–water partition coefficient (Wildman–Crippen LogP) is 4.81. The van der Waals surface area contributed by atoms with Crippen LogP contribution >= 0.6 is 0 Å². The number of Topliss-reactive ketones (excluding diaryl/α,β-unsaturated/α-hetero) is 1. The van der Waals surface area contributed by atoms with Gasteiger partial charge < -0.3 is 9.47 Å². The molecule has 188 valence electrons. The molecule has 0 aromatic heterocycles. The molecule has 2 fully saturated rings. The van der Waals surface area contributed by atoms with Crippen LogP contribution in [0.2, 0.25) is 0 Å². The fourth-order valence-electron chi connectivity index (χ4n) is 5.28. The third kappa shape index (κ3) is 4.89. The summed E-state index contributed by atoms with van der Waals surface area (Å²) in [4.78, 5) is 52.4. The number of fused-ring (bicyclic) bond motifs is 1. The van der Waals surface area contributed by atoms with Gasteiger partial charge in [-0.2, -0.15) is 0 Å². The van der Waals surface area contributed by atoms with Crippen LogP contribution < -0.4 is 9.64 Å². The molecule has 1 aliphatic carbocycles. The molecule has 1 saturated carbocycles. The van der Waals surface area contributed by atoms with Crippen molar-refractivity contribution in [3.05, 3.63) is 95.6 Å². The van der Waals surface area contributed by atoms with Crippen molar-refractivity contribution in [1.29, 1.82) is 0 Å². The van der Waals surface area contributed by atoms with Gasteiger partial charge in [0.1, 0.15) is 5.75 Å². The van der Waals surface area contributed by atoms with Crippen molar-refractivity contribution in [2.75, 3.05) is 18.6 Å². The van der Waals surface area contributed by atoms with Gasteiger partial charge in [-0.15, -0.1) is 0 Å². The molecule has 1 aliphatic heterocycles. The van der Waals surface area contributed by atoms with Crippen LogP contribution in [0.4, 0.5) is 5.69 Å². The molecule has 3 aromatic rings. The van der Waals surface area contributed by atoms with E-state index in [1.165, 1.54) is 29.7 Å². The van der Waals surface area contributed by atoms with E-state index >= 15 is 0 Å². The number of hydrogen-bond acceptors (Lipinski definition) is 6. The molecular formula is C30H27NO6. The summed E-state index contributed by atoms with van der Waals surface area (Å²) in [5.41, 5.74) is 2.28. The summed E-state index contributed by atoms with van der Waals surface area (Å²) in [5, 5.41) is 0. The first kappa shape index (κ1) is 24.4. The second-order valence-corrected chi connectivity index (χ2v) is 9.42. The Morgan fingerprint density at radius 3 is 2.14 bits per heavy atom. The molecule has 1 heterocycles. The Bertz CT molecular complexity index is 1320. The van der Waals surface area contributed by atoms with Crippen LogP contribution in [0.1, 0.15) is 51.5 Å². The van der Waals surface area contributed by atoms with Gasteiger partial charge in [-0.25, -0.2) is 4.79 Å². The van der Waals surface area contributed by atoms with Gasteiger partial charge in [0.2, 0.25) is 11.8 Å². The first-order valence-electron chi connectivity index (χ1n) is 12.3. The molecule has 5 rings (SSSR count). The van der Waals surface area contributed by atoms with Crippen molar-refractivity contribution in [3.63, 3.8) is 0 Å². The molecule has 0 N–H and O–H groups in total. The molecule has 7 heteroatoms. The van der Waals surface area contributed by atoms with Gasteiger partial charge in [0.25, 0.3) is 0 Å². The highest BCUT2D eigenvalue weighted by Crippen LogP contribution is 2.45. The van der Waals surface area contributed by atoms with Gasteiger partial charge in [-0.05, 0) is 79.3 Å². The Kier molecular flexibility index (Phi) is 6.86. The van der Waals surface area contributed by atoms with E-state index in [1.54, 1.807) is 36.4 Å². The van der Waals surface area contributed by atoms with Gasteiger partial charge in [-0.1, -0.05) is 30.3 Å². The molecule has 0 radical (unpaired) electrons. The van der Waals surface area contributed by atoms with Crippen LogP contribution in [-0.4, -0.2) is 37.3 Å². The lowest BCUT2D eigenvalue weighted by Crippen LogP contribution is -2.30. The maximum atomic E-state index is 13.3. The number of anilines is 1. The second kappa shape index (κ2) is 10.4. The van der Waals surface area contributed by atoms with Gasteiger partial charge in [0.05, 0.1) is 30.2 Å². The number of nitrogens with zero attached hydrogens (tertiary/aromatic N) is 1. The van der Waals surface area contributed by atoms with Crippen LogP contribution in [-0.2, 0) is 14.3 Å². The molecule has 37 heavy (non-hydrogen) atoms. The topological polar surface area (TPSA) is 90.0 Å². The van der Waals surface area contributed by atoms with Gasteiger partial charge in [-0.3, -0.25) is 19.3 Å². The number of ketones is 1. The van der Waals surface area contributed by atoms with Crippen LogP contribution in [0, 0.1) is 11.8 Å². The van der Waals surface area contributed by atoms with Crippen LogP contribution in [0.3, 0.4) is 0 Å². The van der Waals surface area contributed by atoms with Gasteiger partial charge in [0.15, 0.2) is 12.4 Å². The molecule has 3 atom stereocenters. The minimum absolute atomic E-state index is 0.179. The molecule has 0 bridgehead atoms. The van der Waals surface area contributed by atoms with Gasteiger partial charge >= 0.3 is 5.97 Å². The number of esters is 1. The summed E-state index contributed by atoms with van der Waals surface area (Å²) in [5.74, 6) is -1.11. The third-order valence-electron chi connectivity index (χ3n) is 7.30. The molecule has 2 aliphatic rings. The zero-order valence-electron chi connectivity index (χ0n) is 20.5. The van der Waals surface area contributed by atoms with Crippen molar-refractivity contribution in [2.24, 2.45) is 11.8 Å². The van der Waals surface area contributed by atoms with Crippen molar-refractivity contribution < 1.29 is 28.7 Å². The molecule has 0 spiro atoms. The number of hydrogen-bond donors (Lipinski definition) is 0. The number of carbonyl (C=O) groups excluding carboxylic acids is 4. The van der Waals surface area contributed by atoms with E-state index in [-0.39, 0.29) is 40.9 Å². The van der Waals surface area contributed by atoms with E-state index in [2.05, 4.69) is 12.1 Å². The summed E-state index contributed by atoms with van der Waals surface area (Å²) >= 11 is 0. The Hall–Kier alpha value is -4.26. The largest absolute Gasteiger partial charge is 0.497 e. The number of benzene rings is 3. The number of carbonyl (C=O) groups is 4. The highest BCUT2D eigenvalue weighted by atomic mass is 16.5. The van der Waals surface area contributed by atoms with E-state index in [9.17, 15) is 19.2 Å². The molecule has 2 amide bonds. The Morgan fingerprint density at radius 2 is 1.46 bits per heavy atom. The lowest BCUT2D eigenvalue weighted by molar-refractivity contribution is -0.122. The van der Waals surface area contributed by atoms with E-state index in [4.69, 9.17) is 9.47 Å². The normalized spacial score (nSPS) is 20.9. The zero-order valence-corrected chi connectivity index (χ0v) is 20.5. The number of methoxy groups -OCH3 is 1. The summed E-state index contributed by atoms with van der Waals surface area (Å²) in [6, 6.07) is 22.8. The summed E-state index contributed by atoms with van der Waals surface area (Å²) < 4.78 is 10.2. The monoisotopic (exact) mass is 497 g/mol. The maximum Gasteiger partial charge on any atom is 0.338 e. The minimum Gasteiger partial charge on any atom is -0.497 e. The predicted molar refractivity (Wildman–Crippen MR) is 137 cm³/mol. The van der Waals surface area contributed by atoms with Crippen LogP contribution in [0.15, 0.2) is 78.9 Å². The van der Waals surface area contributed by atoms with Crippen LogP contribution in [0.5, 0.6) is 5.75 Å². The number of ether oxygens (including phenoxy) is 2. The molecule has 1 saturated heterocycles. The number of imide groups is 1. The fraction of sp³-hybridized carbons (Fsp3) is 0.267. The van der Waals surface area contributed by atoms with E-state index in [0.717, 1.165) is 6.42 Å². The van der Waals surface area contributed by atoms with E-state index in [0.29, 0.717) is 29.8 Å². The van der Waals surface area contributed by atoms with E-state index in [1.807, 2.05) is 18.2 Å². The smallest absolute Gasteiger partial charge is 0.338 e. The van der Waals surface area contributed by atoms with Crippen molar-refractivity contribution in [3.8, 4) is 5.75 Å². The summed E-state index contributed by atoms with van der Waals surface area (Å²) in [6.45, 7) is -0.401. The number of rotatable bonds is 7.